The van der Waals surface area contributed by atoms with Gasteiger partial charge in [0.15, 0.2) is 0 Å². The van der Waals surface area contributed by atoms with E-state index in [0.29, 0.717) is 23.1 Å². The number of benzene rings is 1. The number of nitrogens with zero attached hydrogens (tertiary/aromatic N) is 2. The zero-order chi connectivity index (χ0) is 17.0. The van der Waals surface area contributed by atoms with Crippen LogP contribution in [0.15, 0.2) is 34.9 Å². The van der Waals surface area contributed by atoms with Crippen LogP contribution < -0.4 is 15.0 Å². The van der Waals surface area contributed by atoms with E-state index in [4.69, 9.17) is 4.74 Å². The number of amides is 2. The number of carbonyl (C=O) groups excluding carboxylic acids is 2. The molecule has 0 aliphatic carbocycles. The van der Waals surface area contributed by atoms with Crippen molar-refractivity contribution in [2.45, 2.75) is 19.1 Å². The summed E-state index contributed by atoms with van der Waals surface area (Å²) in [6.07, 6.45) is 0. The van der Waals surface area contributed by atoms with Crippen LogP contribution in [-0.4, -0.2) is 30.7 Å². The summed E-state index contributed by atoms with van der Waals surface area (Å²) in [5.41, 5.74) is 0.533. The number of likely N-dealkylation sites (N-methyl/N-ethyl adjacent to an activating group) is 1. The topological polar surface area (TPSA) is 82.4 Å². The predicted molar refractivity (Wildman–Crippen MR) is 88.9 cm³/mol. The van der Waals surface area contributed by atoms with Gasteiger partial charge in [-0.2, -0.15) is 5.26 Å². The molecule has 2 rings (SSSR count). The van der Waals surface area contributed by atoms with Crippen molar-refractivity contribution >= 4 is 29.3 Å². The maximum atomic E-state index is 12.5. The van der Waals surface area contributed by atoms with Gasteiger partial charge in [0.05, 0.1) is 11.9 Å². The van der Waals surface area contributed by atoms with Crippen molar-refractivity contribution in [2.24, 2.45) is 0 Å². The molecule has 1 heterocycles. The van der Waals surface area contributed by atoms with Crippen molar-refractivity contribution < 1.29 is 14.3 Å². The predicted octanol–water partition coefficient (Wildman–Crippen LogP) is 2.03. The number of ether oxygens (including phenoxy) is 1. The van der Waals surface area contributed by atoms with Crippen LogP contribution in [0.3, 0.4) is 0 Å². The van der Waals surface area contributed by atoms with Crippen LogP contribution in [0.25, 0.3) is 0 Å². The van der Waals surface area contributed by atoms with Crippen LogP contribution in [0.5, 0.6) is 5.75 Å². The van der Waals surface area contributed by atoms with Gasteiger partial charge in [0.1, 0.15) is 22.4 Å². The fraction of sp³-hybridized carbons (Fsp3) is 0.312. The lowest BCUT2D eigenvalue weighted by Gasteiger charge is -2.18. The molecule has 0 aromatic heterocycles. The van der Waals surface area contributed by atoms with E-state index in [1.807, 2.05) is 13.0 Å². The summed E-state index contributed by atoms with van der Waals surface area (Å²) < 4.78 is 5.39. The number of nitriles is 1. The average molecular weight is 331 g/mol. The van der Waals surface area contributed by atoms with Crippen LogP contribution in [0.1, 0.15) is 13.8 Å². The van der Waals surface area contributed by atoms with E-state index in [2.05, 4.69) is 5.32 Å². The van der Waals surface area contributed by atoms with Crippen LogP contribution in [0, 0.1) is 11.3 Å². The van der Waals surface area contributed by atoms with E-state index in [9.17, 15) is 14.9 Å². The molecule has 1 aromatic carbocycles. The molecule has 1 unspecified atom stereocenters. The van der Waals surface area contributed by atoms with Crippen LogP contribution >= 0.6 is 11.8 Å². The lowest BCUT2D eigenvalue weighted by molar-refractivity contribution is -0.117. The highest BCUT2D eigenvalue weighted by Crippen LogP contribution is 2.40. The van der Waals surface area contributed by atoms with Crippen LogP contribution in [0.2, 0.25) is 0 Å². The molecule has 0 saturated carbocycles. The lowest BCUT2D eigenvalue weighted by Crippen LogP contribution is -2.29. The summed E-state index contributed by atoms with van der Waals surface area (Å²) in [7, 11) is 1.45. The fourth-order valence-electron chi connectivity index (χ4n) is 2.15. The quantitative estimate of drug-likeness (QED) is 0.674. The largest absolute Gasteiger partial charge is 0.494 e. The zero-order valence-corrected chi connectivity index (χ0v) is 13.9. The highest BCUT2D eigenvalue weighted by molar-refractivity contribution is 8.05. The number of hydrogen-bond acceptors (Lipinski definition) is 5. The Balaban J connectivity index is 2.48. The molecule has 2 amide bonds. The van der Waals surface area contributed by atoms with Gasteiger partial charge in [-0.3, -0.25) is 14.5 Å². The fourth-order valence-corrected chi connectivity index (χ4v) is 3.24. The van der Waals surface area contributed by atoms with Gasteiger partial charge in [-0.15, -0.1) is 0 Å². The highest BCUT2D eigenvalue weighted by Gasteiger charge is 2.38. The Morgan fingerprint density at radius 2 is 2.09 bits per heavy atom. The molecule has 7 heteroatoms. The molecule has 1 atom stereocenters. The Kier molecular flexibility index (Phi) is 5.29. The van der Waals surface area contributed by atoms with Gasteiger partial charge in [-0.25, -0.2) is 0 Å². The maximum absolute atomic E-state index is 12.5. The van der Waals surface area contributed by atoms with Crippen molar-refractivity contribution in [1.82, 2.24) is 5.32 Å². The minimum atomic E-state index is -0.507. The third kappa shape index (κ3) is 3.32. The molecule has 1 saturated heterocycles. The molecule has 0 spiro atoms. The normalized spacial score (nSPS) is 19.3. The molecule has 1 aliphatic heterocycles. The van der Waals surface area contributed by atoms with E-state index in [1.54, 1.807) is 31.2 Å². The van der Waals surface area contributed by atoms with Crippen molar-refractivity contribution in [3.8, 4) is 11.8 Å². The molecular weight excluding hydrogens is 314 g/mol. The van der Waals surface area contributed by atoms with Crippen molar-refractivity contribution in [1.29, 1.82) is 5.26 Å². The minimum Gasteiger partial charge on any atom is -0.494 e. The Hall–Kier alpha value is -2.46. The summed E-state index contributed by atoms with van der Waals surface area (Å²) >= 11 is 1.21. The monoisotopic (exact) mass is 331 g/mol. The Labute approximate surface area is 139 Å². The Morgan fingerprint density at radius 3 is 2.61 bits per heavy atom. The first-order valence-corrected chi connectivity index (χ1v) is 8.01. The third-order valence-electron chi connectivity index (χ3n) is 3.25. The smallest absolute Gasteiger partial charge is 0.264 e. The first-order valence-electron chi connectivity index (χ1n) is 7.13. The van der Waals surface area contributed by atoms with E-state index < -0.39 is 5.91 Å². The van der Waals surface area contributed by atoms with Gasteiger partial charge in [0.25, 0.3) is 5.91 Å². The van der Waals surface area contributed by atoms with Gasteiger partial charge in [-0.05, 0) is 38.1 Å². The van der Waals surface area contributed by atoms with E-state index in [0.717, 1.165) is 0 Å². The third-order valence-corrected chi connectivity index (χ3v) is 4.41. The number of rotatable bonds is 4. The summed E-state index contributed by atoms with van der Waals surface area (Å²) in [4.78, 5) is 25.8. The number of anilines is 1. The number of nitrogens with one attached hydrogen (secondary N) is 1. The first kappa shape index (κ1) is 16.9. The Bertz CT molecular complexity index is 692. The van der Waals surface area contributed by atoms with E-state index in [1.165, 1.54) is 23.7 Å². The zero-order valence-electron chi connectivity index (χ0n) is 13.1. The molecule has 0 bridgehead atoms. The second-order valence-electron chi connectivity index (χ2n) is 4.73. The second kappa shape index (κ2) is 7.20. The first-order chi connectivity index (χ1) is 11.0. The summed E-state index contributed by atoms with van der Waals surface area (Å²) in [5.74, 6) is 0.0274. The lowest BCUT2D eigenvalue weighted by atomic mass is 10.2. The maximum Gasteiger partial charge on any atom is 0.264 e. The van der Waals surface area contributed by atoms with Crippen molar-refractivity contribution in [3.63, 3.8) is 0 Å². The summed E-state index contributed by atoms with van der Waals surface area (Å²) in [6, 6.07) is 8.87. The Morgan fingerprint density at radius 1 is 1.43 bits per heavy atom. The van der Waals surface area contributed by atoms with Gasteiger partial charge < -0.3 is 10.1 Å². The van der Waals surface area contributed by atoms with Crippen LogP contribution in [-0.2, 0) is 9.59 Å². The molecule has 6 nitrogen and oxygen atoms in total. The average Bonchev–Trinajstić information content (AvgIpc) is 2.84. The minimum absolute atomic E-state index is 0.0657. The second-order valence-corrected chi connectivity index (χ2v) is 6.06. The van der Waals surface area contributed by atoms with Crippen molar-refractivity contribution in [2.75, 3.05) is 18.6 Å². The summed E-state index contributed by atoms with van der Waals surface area (Å²) in [6.45, 7) is 4.19. The molecule has 1 aromatic rings. The highest BCUT2D eigenvalue weighted by atomic mass is 32.2. The molecule has 1 aliphatic rings. The van der Waals surface area contributed by atoms with Gasteiger partial charge in [-0.1, -0.05) is 11.8 Å². The van der Waals surface area contributed by atoms with E-state index in [-0.39, 0.29) is 16.7 Å². The molecule has 120 valence electrons. The molecule has 1 fully saturated rings. The van der Waals surface area contributed by atoms with E-state index >= 15 is 0 Å². The van der Waals surface area contributed by atoms with Crippen LogP contribution in [0.4, 0.5) is 5.69 Å². The molecule has 23 heavy (non-hydrogen) atoms. The SMILES string of the molecule is CCOc1ccc(N2C(=O)C(C)S/C2=C(/C#N)C(=O)NC)cc1. The molecule has 1 N–H and O–H groups in total. The van der Waals surface area contributed by atoms with Gasteiger partial charge >= 0.3 is 0 Å². The number of carbonyl (C=O) groups is 2. The standard InChI is InChI=1S/C16H17N3O3S/c1-4-22-12-7-5-11(6-8-12)19-15(21)10(2)23-16(19)13(9-17)14(20)18-3/h5-8,10H,4H2,1-3H3,(H,18,20)/b16-13-. The van der Waals surface area contributed by atoms with Gasteiger partial charge in [0.2, 0.25) is 5.91 Å². The van der Waals surface area contributed by atoms with Gasteiger partial charge in [0, 0.05) is 12.7 Å². The molecular formula is C16H17N3O3S. The number of hydrogen-bond donors (Lipinski definition) is 1. The number of thioether (sulfide) groups is 1. The van der Waals surface area contributed by atoms with Crippen molar-refractivity contribution in [3.05, 3.63) is 34.9 Å². The molecule has 0 radical (unpaired) electrons. The summed E-state index contributed by atoms with van der Waals surface area (Å²) in [5, 5.41) is 11.7.